The number of carbonyl (C=O) groups excluding carboxylic acids is 3. The van der Waals surface area contributed by atoms with E-state index in [0.29, 0.717) is 19.8 Å². The van der Waals surface area contributed by atoms with Crippen molar-refractivity contribution in [1.82, 2.24) is 0 Å². The summed E-state index contributed by atoms with van der Waals surface area (Å²) in [6, 6.07) is 0. The van der Waals surface area contributed by atoms with E-state index in [9.17, 15) is 14.4 Å². The van der Waals surface area contributed by atoms with Gasteiger partial charge in [-0.2, -0.15) is 0 Å². The van der Waals surface area contributed by atoms with Crippen molar-refractivity contribution in [2.75, 3.05) is 34.0 Å². The van der Waals surface area contributed by atoms with E-state index >= 15 is 0 Å². The average molecular weight is 326 g/mol. The molecule has 0 saturated heterocycles. The molecule has 0 bridgehead atoms. The number of carbonyl (C=O) groups is 3. The van der Waals surface area contributed by atoms with Crippen LogP contribution in [0.2, 0.25) is 0 Å². The molecule has 0 aliphatic heterocycles. The van der Waals surface area contributed by atoms with E-state index in [0.717, 1.165) is 6.42 Å². The van der Waals surface area contributed by atoms with Gasteiger partial charge in [0.15, 0.2) is 0 Å². The van der Waals surface area contributed by atoms with E-state index < -0.39 is 0 Å². The first-order valence-corrected chi connectivity index (χ1v) is 6.11. The highest BCUT2D eigenvalue weighted by Gasteiger charge is 1.88. The van der Waals surface area contributed by atoms with Crippen LogP contribution in [0.3, 0.4) is 0 Å². The number of rotatable bonds is 5. The third kappa shape index (κ3) is 63.1. The smallest absolute Gasteiger partial charge is 0.302 e. The Morgan fingerprint density at radius 2 is 1.09 bits per heavy atom. The molecule has 136 valence electrons. The lowest BCUT2D eigenvalue weighted by Gasteiger charge is -1.97. The van der Waals surface area contributed by atoms with Gasteiger partial charge in [-0.15, -0.1) is 0 Å². The largest absolute Gasteiger partial charge is 0.469 e. The Morgan fingerprint density at radius 3 is 1.27 bits per heavy atom. The molecule has 22 heavy (non-hydrogen) atoms. The lowest BCUT2D eigenvalue weighted by atomic mass is 10.5. The molecule has 0 aromatic rings. The minimum Gasteiger partial charge on any atom is -0.469 e. The van der Waals surface area contributed by atoms with Gasteiger partial charge >= 0.3 is 17.9 Å². The monoisotopic (exact) mass is 326 g/mol. The van der Waals surface area contributed by atoms with Gasteiger partial charge < -0.3 is 18.9 Å². The van der Waals surface area contributed by atoms with E-state index in [4.69, 9.17) is 0 Å². The van der Waals surface area contributed by atoms with Crippen molar-refractivity contribution >= 4 is 17.9 Å². The summed E-state index contributed by atoms with van der Waals surface area (Å²) in [5.74, 6) is -0.700. The SMILES string of the molecule is C.C.CCCOC(C)=O.COC(C)=O.COCCOC(C)=O. The highest BCUT2D eigenvalue weighted by Crippen LogP contribution is 1.78. The first kappa shape index (κ1) is 32.4. The van der Waals surface area contributed by atoms with Crippen LogP contribution in [0.1, 0.15) is 49.0 Å². The third-order valence-electron chi connectivity index (χ3n) is 1.39. The summed E-state index contributed by atoms with van der Waals surface area (Å²) < 4.78 is 17.8. The van der Waals surface area contributed by atoms with Crippen LogP contribution in [-0.4, -0.2) is 51.9 Å². The Kier molecular flexibility index (Phi) is 40.7. The van der Waals surface area contributed by atoms with Crippen molar-refractivity contribution in [3.05, 3.63) is 0 Å². The predicted octanol–water partition coefficient (Wildman–Crippen LogP) is 2.61. The Bertz CT molecular complexity index is 252. The topological polar surface area (TPSA) is 88.1 Å². The minimum absolute atomic E-state index is 0. The van der Waals surface area contributed by atoms with Crippen LogP contribution in [0.4, 0.5) is 0 Å². The zero-order valence-corrected chi connectivity index (χ0v) is 13.2. The van der Waals surface area contributed by atoms with Gasteiger partial charge in [0.25, 0.3) is 0 Å². The number of ether oxygens (including phenoxy) is 4. The fourth-order valence-electron chi connectivity index (χ4n) is 0.515. The Balaban J connectivity index is -0.0000000643. The maximum absolute atomic E-state index is 10.0. The number of hydrogen-bond donors (Lipinski definition) is 0. The third-order valence-corrected chi connectivity index (χ3v) is 1.39. The average Bonchev–Trinajstić information content (AvgIpc) is 2.37. The predicted molar refractivity (Wildman–Crippen MR) is 86.6 cm³/mol. The molecule has 0 saturated carbocycles. The molecule has 0 atom stereocenters. The van der Waals surface area contributed by atoms with Crippen molar-refractivity contribution in [2.24, 2.45) is 0 Å². The van der Waals surface area contributed by atoms with Crippen molar-refractivity contribution in [2.45, 2.75) is 49.0 Å². The van der Waals surface area contributed by atoms with Gasteiger partial charge in [-0.3, -0.25) is 14.4 Å². The first-order valence-electron chi connectivity index (χ1n) is 6.11. The Labute approximate surface area is 135 Å². The zero-order valence-electron chi connectivity index (χ0n) is 13.2. The molecule has 0 amide bonds. The van der Waals surface area contributed by atoms with Crippen LogP contribution in [0.15, 0.2) is 0 Å². The quantitative estimate of drug-likeness (QED) is 0.436. The number of esters is 3. The normalized spacial score (nSPS) is 7.36. The standard InChI is InChI=1S/C5H10O3.C5H10O2.C3H6O2.2CH4/c1-5(6)8-4-3-7-2;1-3-4-7-5(2)6;1-3(4)5-2;;/h3-4H2,1-2H3;3-4H2,1-2H3;1-2H3;2*1H4. The zero-order chi connectivity index (χ0) is 16.4. The van der Waals surface area contributed by atoms with Crippen LogP contribution in [0, 0.1) is 0 Å². The summed E-state index contributed by atoms with van der Waals surface area (Å²) in [5, 5.41) is 0. The Hall–Kier alpha value is -1.63. The van der Waals surface area contributed by atoms with Gasteiger partial charge in [0.1, 0.15) is 6.61 Å². The second-order valence-corrected chi connectivity index (χ2v) is 3.37. The maximum atomic E-state index is 10.0. The molecule has 0 spiro atoms. The molecule has 0 aromatic heterocycles. The summed E-state index contributed by atoms with van der Waals surface area (Å²) >= 11 is 0. The van der Waals surface area contributed by atoms with Gasteiger partial charge in [-0.1, -0.05) is 21.8 Å². The van der Waals surface area contributed by atoms with Crippen molar-refractivity contribution in [3.8, 4) is 0 Å². The minimum atomic E-state index is -0.262. The molecule has 0 heterocycles. The fourth-order valence-corrected chi connectivity index (χ4v) is 0.515. The maximum Gasteiger partial charge on any atom is 0.302 e. The molecule has 7 nitrogen and oxygen atoms in total. The van der Waals surface area contributed by atoms with Crippen LogP contribution in [0.5, 0.6) is 0 Å². The summed E-state index contributed by atoms with van der Waals surface area (Å²) in [7, 11) is 2.91. The van der Waals surface area contributed by atoms with Crippen LogP contribution < -0.4 is 0 Å². The van der Waals surface area contributed by atoms with Crippen molar-refractivity contribution < 1.29 is 33.3 Å². The molecule has 0 aliphatic rings. The molecule has 0 unspecified atom stereocenters. The van der Waals surface area contributed by atoms with E-state index in [2.05, 4.69) is 18.9 Å². The second kappa shape index (κ2) is 27.7. The molecule has 0 fully saturated rings. The number of hydrogen-bond acceptors (Lipinski definition) is 7. The molecule has 0 aromatic carbocycles. The summed E-state index contributed by atoms with van der Waals surface area (Å²) in [6.45, 7) is 7.48. The number of methoxy groups -OCH3 is 2. The summed E-state index contributed by atoms with van der Waals surface area (Å²) in [5.41, 5.74) is 0. The van der Waals surface area contributed by atoms with Crippen LogP contribution >= 0.6 is 0 Å². The van der Waals surface area contributed by atoms with E-state index in [1.165, 1.54) is 27.9 Å². The molecule has 0 aliphatic carbocycles. The lowest BCUT2D eigenvalue weighted by Crippen LogP contribution is -2.05. The second-order valence-electron chi connectivity index (χ2n) is 3.37. The van der Waals surface area contributed by atoms with E-state index in [1.807, 2.05) is 6.92 Å². The molecule has 7 heteroatoms. The first-order chi connectivity index (χ1) is 9.31. The van der Waals surface area contributed by atoms with Gasteiger partial charge in [0.05, 0.1) is 20.3 Å². The molecule has 0 radical (unpaired) electrons. The fraction of sp³-hybridized carbons (Fsp3) is 0.800. The van der Waals surface area contributed by atoms with Gasteiger partial charge in [0, 0.05) is 27.9 Å². The van der Waals surface area contributed by atoms with E-state index in [1.54, 1.807) is 7.11 Å². The van der Waals surface area contributed by atoms with Gasteiger partial charge in [-0.05, 0) is 6.42 Å². The molecular formula is C15H34O7. The van der Waals surface area contributed by atoms with Gasteiger partial charge in [-0.25, -0.2) is 0 Å². The van der Waals surface area contributed by atoms with Crippen LogP contribution in [-0.2, 0) is 33.3 Å². The van der Waals surface area contributed by atoms with Gasteiger partial charge in [0.2, 0.25) is 0 Å². The molecule has 0 rings (SSSR count). The summed E-state index contributed by atoms with van der Waals surface area (Å²) in [4.78, 5) is 29.6. The highest BCUT2D eigenvalue weighted by molar-refractivity contribution is 5.66. The van der Waals surface area contributed by atoms with E-state index in [-0.39, 0.29) is 32.8 Å². The van der Waals surface area contributed by atoms with Crippen molar-refractivity contribution in [3.63, 3.8) is 0 Å². The Morgan fingerprint density at radius 1 is 0.727 bits per heavy atom. The molecule has 0 N–H and O–H groups in total. The lowest BCUT2D eigenvalue weighted by molar-refractivity contribution is -0.142. The molecular weight excluding hydrogens is 292 g/mol. The van der Waals surface area contributed by atoms with Crippen molar-refractivity contribution in [1.29, 1.82) is 0 Å². The van der Waals surface area contributed by atoms with Crippen LogP contribution in [0.25, 0.3) is 0 Å². The summed E-state index contributed by atoms with van der Waals surface area (Å²) in [6.07, 6.45) is 0.902. The highest BCUT2D eigenvalue weighted by atomic mass is 16.6.